The number of hydrogen-bond acceptors (Lipinski definition) is 7. The van der Waals surface area contributed by atoms with Crippen molar-refractivity contribution in [2.75, 3.05) is 24.2 Å². The Labute approximate surface area is 105 Å². The van der Waals surface area contributed by atoms with Crippen molar-refractivity contribution in [1.29, 1.82) is 0 Å². The van der Waals surface area contributed by atoms with Crippen molar-refractivity contribution in [3.63, 3.8) is 0 Å². The van der Waals surface area contributed by atoms with E-state index in [1.54, 1.807) is 12.4 Å². The number of azo groups is 1. The Morgan fingerprint density at radius 1 is 1.44 bits per heavy atom. The Morgan fingerprint density at radius 3 is 2.94 bits per heavy atom. The fourth-order valence-corrected chi connectivity index (χ4v) is 1.36. The van der Waals surface area contributed by atoms with E-state index in [0.717, 1.165) is 25.1 Å². The van der Waals surface area contributed by atoms with Gasteiger partial charge in [0.1, 0.15) is 12.3 Å². The molecule has 0 bridgehead atoms. The topological polar surface area (TPSA) is 97.8 Å². The van der Waals surface area contributed by atoms with Gasteiger partial charge in [0.05, 0.1) is 12.4 Å². The molecule has 0 unspecified atom stereocenters. The van der Waals surface area contributed by atoms with Crippen LogP contribution in [-0.4, -0.2) is 23.1 Å². The molecule has 0 atom stereocenters. The molecular formula is C11H16N6O. The van der Waals surface area contributed by atoms with Crippen LogP contribution in [0.25, 0.3) is 0 Å². The SMILES string of the molecule is CCCCNc1nc(N)ncc1OCC1=CN=N1. The lowest BCUT2D eigenvalue weighted by atomic mass is 10.3. The summed E-state index contributed by atoms with van der Waals surface area (Å²) >= 11 is 0. The Kier molecular flexibility index (Phi) is 4.06. The zero-order valence-corrected chi connectivity index (χ0v) is 10.3. The highest BCUT2D eigenvalue weighted by Gasteiger charge is 2.09. The summed E-state index contributed by atoms with van der Waals surface area (Å²) in [5, 5.41) is 10.6. The summed E-state index contributed by atoms with van der Waals surface area (Å²) in [6.45, 7) is 3.31. The molecule has 7 heteroatoms. The average Bonchev–Trinajstić information content (AvgIpc) is 2.30. The van der Waals surface area contributed by atoms with E-state index in [1.165, 1.54) is 0 Å². The van der Waals surface area contributed by atoms with E-state index in [0.29, 0.717) is 18.2 Å². The van der Waals surface area contributed by atoms with Gasteiger partial charge in [-0.3, -0.25) is 0 Å². The second kappa shape index (κ2) is 5.95. The molecule has 96 valence electrons. The molecule has 1 aliphatic heterocycles. The van der Waals surface area contributed by atoms with E-state index < -0.39 is 0 Å². The second-order valence-corrected chi connectivity index (χ2v) is 3.85. The monoisotopic (exact) mass is 248 g/mol. The minimum atomic E-state index is 0.226. The molecule has 18 heavy (non-hydrogen) atoms. The molecule has 0 radical (unpaired) electrons. The summed E-state index contributed by atoms with van der Waals surface area (Å²) in [4.78, 5) is 8.04. The molecule has 0 spiro atoms. The van der Waals surface area contributed by atoms with Crippen molar-refractivity contribution in [2.24, 2.45) is 10.2 Å². The number of nitrogens with zero attached hydrogens (tertiary/aromatic N) is 4. The van der Waals surface area contributed by atoms with Gasteiger partial charge in [-0.05, 0) is 6.42 Å². The maximum Gasteiger partial charge on any atom is 0.222 e. The number of ether oxygens (including phenoxy) is 1. The molecular weight excluding hydrogens is 232 g/mol. The fraction of sp³-hybridized carbons (Fsp3) is 0.455. The third kappa shape index (κ3) is 3.16. The normalized spacial score (nSPS) is 12.8. The number of aromatic nitrogens is 2. The van der Waals surface area contributed by atoms with Crippen LogP contribution >= 0.6 is 0 Å². The molecule has 1 aromatic rings. The van der Waals surface area contributed by atoms with E-state index in [-0.39, 0.29) is 5.95 Å². The molecule has 3 N–H and O–H groups in total. The maximum atomic E-state index is 5.56. The molecule has 0 saturated heterocycles. The fourth-order valence-electron chi connectivity index (χ4n) is 1.36. The summed E-state index contributed by atoms with van der Waals surface area (Å²) in [6, 6.07) is 0. The van der Waals surface area contributed by atoms with Gasteiger partial charge in [0.2, 0.25) is 5.95 Å². The first kappa shape index (κ1) is 12.3. The first-order valence-corrected chi connectivity index (χ1v) is 5.88. The van der Waals surface area contributed by atoms with E-state index in [1.807, 2.05) is 0 Å². The number of unbranched alkanes of at least 4 members (excludes halogenated alkanes) is 1. The second-order valence-electron chi connectivity index (χ2n) is 3.85. The number of hydrogen-bond donors (Lipinski definition) is 2. The molecule has 0 aromatic carbocycles. The van der Waals surface area contributed by atoms with Gasteiger partial charge < -0.3 is 15.8 Å². The van der Waals surface area contributed by atoms with Crippen molar-refractivity contribution in [3.8, 4) is 5.75 Å². The van der Waals surface area contributed by atoms with Crippen LogP contribution in [-0.2, 0) is 0 Å². The van der Waals surface area contributed by atoms with Crippen molar-refractivity contribution >= 4 is 11.8 Å². The predicted molar refractivity (Wildman–Crippen MR) is 68.3 cm³/mol. The quantitative estimate of drug-likeness (QED) is 0.719. The molecule has 7 nitrogen and oxygen atoms in total. The molecule has 0 fully saturated rings. The molecule has 0 saturated carbocycles. The first-order valence-electron chi connectivity index (χ1n) is 5.88. The molecule has 2 heterocycles. The zero-order chi connectivity index (χ0) is 12.8. The highest BCUT2D eigenvalue weighted by Crippen LogP contribution is 2.23. The largest absolute Gasteiger partial charge is 0.482 e. The van der Waals surface area contributed by atoms with Crippen LogP contribution in [0.4, 0.5) is 11.8 Å². The zero-order valence-electron chi connectivity index (χ0n) is 10.3. The summed E-state index contributed by atoms with van der Waals surface area (Å²) < 4.78 is 5.56. The van der Waals surface area contributed by atoms with Gasteiger partial charge in [0, 0.05) is 6.54 Å². The van der Waals surface area contributed by atoms with E-state index >= 15 is 0 Å². The highest BCUT2D eigenvalue weighted by atomic mass is 16.5. The lowest BCUT2D eigenvalue weighted by Crippen LogP contribution is -2.10. The summed E-state index contributed by atoms with van der Waals surface area (Å²) in [6.07, 6.45) is 5.38. The van der Waals surface area contributed by atoms with Gasteiger partial charge in [0.15, 0.2) is 11.6 Å². The van der Waals surface area contributed by atoms with Gasteiger partial charge in [-0.2, -0.15) is 15.2 Å². The van der Waals surface area contributed by atoms with Crippen LogP contribution in [0, 0.1) is 0 Å². The maximum absolute atomic E-state index is 5.56. The van der Waals surface area contributed by atoms with Crippen molar-refractivity contribution < 1.29 is 4.74 Å². The molecule has 0 amide bonds. The summed E-state index contributed by atoms with van der Waals surface area (Å²) in [5.74, 6) is 1.42. The standard InChI is InChI=1S/C11H16N6O/c1-2-3-4-13-10-9(6-14-11(12)16-10)18-7-8-5-15-17-8/h5-6H,2-4,7H2,1H3,(H3,12,13,14,16). The summed E-state index contributed by atoms with van der Waals surface area (Å²) in [7, 11) is 0. The Hall–Kier alpha value is -2.18. The van der Waals surface area contributed by atoms with Gasteiger partial charge >= 0.3 is 0 Å². The molecule has 0 aliphatic carbocycles. The van der Waals surface area contributed by atoms with Gasteiger partial charge in [-0.15, -0.1) is 0 Å². The summed E-state index contributed by atoms with van der Waals surface area (Å²) in [5.41, 5.74) is 6.36. The molecule has 2 rings (SSSR count). The highest BCUT2D eigenvalue weighted by molar-refractivity contribution is 5.51. The van der Waals surface area contributed by atoms with Crippen LogP contribution in [0.3, 0.4) is 0 Å². The number of anilines is 2. The van der Waals surface area contributed by atoms with E-state index in [4.69, 9.17) is 10.5 Å². The van der Waals surface area contributed by atoms with Crippen molar-refractivity contribution in [3.05, 3.63) is 18.1 Å². The third-order valence-corrected chi connectivity index (χ3v) is 2.37. The van der Waals surface area contributed by atoms with Crippen LogP contribution in [0.1, 0.15) is 19.8 Å². The van der Waals surface area contributed by atoms with Crippen LogP contribution in [0.5, 0.6) is 5.75 Å². The van der Waals surface area contributed by atoms with Crippen molar-refractivity contribution in [2.45, 2.75) is 19.8 Å². The van der Waals surface area contributed by atoms with Gasteiger partial charge in [-0.25, -0.2) is 4.98 Å². The van der Waals surface area contributed by atoms with E-state index in [9.17, 15) is 0 Å². The smallest absolute Gasteiger partial charge is 0.222 e. The van der Waals surface area contributed by atoms with E-state index in [2.05, 4.69) is 32.4 Å². The molecule has 1 aromatic heterocycles. The third-order valence-electron chi connectivity index (χ3n) is 2.37. The van der Waals surface area contributed by atoms with Gasteiger partial charge in [-0.1, -0.05) is 13.3 Å². The Balaban J connectivity index is 1.97. The number of nitrogen functional groups attached to an aromatic ring is 1. The van der Waals surface area contributed by atoms with Crippen molar-refractivity contribution in [1.82, 2.24) is 9.97 Å². The lowest BCUT2D eigenvalue weighted by Gasteiger charge is -2.12. The minimum Gasteiger partial charge on any atom is -0.482 e. The van der Waals surface area contributed by atoms with Crippen LogP contribution < -0.4 is 15.8 Å². The number of nitrogens with two attached hydrogens (primary N) is 1. The van der Waals surface area contributed by atoms with Crippen LogP contribution in [0.15, 0.2) is 28.3 Å². The number of nitrogens with one attached hydrogen (secondary N) is 1. The number of rotatable bonds is 7. The Morgan fingerprint density at radius 2 is 2.28 bits per heavy atom. The lowest BCUT2D eigenvalue weighted by molar-refractivity contribution is 0.345. The first-order chi connectivity index (χ1) is 8.79. The minimum absolute atomic E-state index is 0.226. The average molecular weight is 248 g/mol. The van der Waals surface area contributed by atoms with Crippen LogP contribution in [0.2, 0.25) is 0 Å². The molecule has 1 aliphatic rings. The van der Waals surface area contributed by atoms with Gasteiger partial charge in [0.25, 0.3) is 0 Å². The Bertz CT molecular complexity index is 471. The predicted octanol–water partition coefficient (Wildman–Crippen LogP) is 1.96.